The van der Waals surface area contributed by atoms with E-state index in [0.717, 1.165) is 40.0 Å². The average molecular weight is 664 g/mol. The number of piperidine rings is 1. The van der Waals surface area contributed by atoms with E-state index in [1.165, 1.54) is 12.5 Å². The molecule has 1 spiro atoms. The summed E-state index contributed by atoms with van der Waals surface area (Å²) in [5, 5.41) is 14.9. The summed E-state index contributed by atoms with van der Waals surface area (Å²) in [4.78, 5) is 30.8. The Labute approximate surface area is 264 Å². The fourth-order valence-corrected chi connectivity index (χ4v) is 9.60. The maximum Gasteiger partial charge on any atom is 0.308 e. The van der Waals surface area contributed by atoms with Crippen molar-refractivity contribution >= 4 is 45.2 Å². The molecule has 3 heterocycles. The van der Waals surface area contributed by atoms with Crippen LogP contribution in [0, 0.1) is 0 Å². The van der Waals surface area contributed by atoms with Crippen LogP contribution in [0.25, 0.3) is 6.08 Å². The number of hydrogen-bond acceptors (Lipinski definition) is 7. The number of likely N-dealkylation sites (N-methyl/N-ethyl adjacent to an activating group) is 1. The standard InChI is InChI=1S/C34H35BrN2O5S/c1-21(38)41-27-10-8-23-18-28-34(40)14-12-26(36(2)29(39)11-9-25-19-24(35)20-43-25)32-33(34,30(23)31(27)42-32)15-17-37(28)16-13-22-6-4-3-5-7-22/h3-11,19-20,26,28,32,40H,12-18H2,1-2H3/b11-9+/t26-,28+,32-,33-,34+/m0/s1. The second kappa shape index (κ2) is 10.9. The Morgan fingerprint density at radius 2 is 2.05 bits per heavy atom. The first-order valence-corrected chi connectivity index (χ1v) is 16.6. The highest BCUT2D eigenvalue weighted by Crippen LogP contribution is 2.66. The van der Waals surface area contributed by atoms with Crippen LogP contribution in [-0.2, 0) is 27.8 Å². The van der Waals surface area contributed by atoms with Gasteiger partial charge in [-0.25, -0.2) is 0 Å². The largest absolute Gasteiger partial charge is 0.483 e. The summed E-state index contributed by atoms with van der Waals surface area (Å²) in [6.45, 7) is 3.06. The number of halogens is 1. The lowest BCUT2D eigenvalue weighted by Crippen LogP contribution is -2.78. The van der Waals surface area contributed by atoms with E-state index in [0.29, 0.717) is 37.2 Å². The van der Waals surface area contributed by atoms with Crippen molar-refractivity contribution in [3.8, 4) is 11.5 Å². The highest BCUT2D eigenvalue weighted by Gasteiger charge is 2.73. The van der Waals surface area contributed by atoms with Crippen LogP contribution in [0.2, 0.25) is 0 Å². The highest BCUT2D eigenvalue weighted by atomic mass is 79.9. The van der Waals surface area contributed by atoms with Gasteiger partial charge in [0.05, 0.1) is 17.1 Å². The number of ether oxygens (including phenoxy) is 2. The van der Waals surface area contributed by atoms with Crippen LogP contribution in [0.1, 0.15) is 47.8 Å². The maximum atomic E-state index is 13.5. The number of likely N-dealkylation sites (tertiary alicyclic amines) is 1. The minimum Gasteiger partial charge on any atom is -0.483 e. The summed E-state index contributed by atoms with van der Waals surface area (Å²) in [6, 6.07) is 16.0. The molecule has 5 atom stereocenters. The van der Waals surface area contributed by atoms with E-state index in [2.05, 4.69) is 45.1 Å². The van der Waals surface area contributed by atoms with Crippen LogP contribution < -0.4 is 9.47 Å². The molecule has 2 aliphatic heterocycles. The summed E-state index contributed by atoms with van der Waals surface area (Å²) < 4.78 is 13.4. The van der Waals surface area contributed by atoms with Crippen molar-refractivity contribution in [1.29, 1.82) is 0 Å². The number of carbonyl (C=O) groups excluding carboxylic acids is 2. The third kappa shape index (κ3) is 4.58. The van der Waals surface area contributed by atoms with Gasteiger partial charge in [0.25, 0.3) is 0 Å². The Morgan fingerprint density at radius 3 is 2.79 bits per heavy atom. The number of thiophene rings is 1. The predicted molar refractivity (Wildman–Crippen MR) is 169 cm³/mol. The minimum absolute atomic E-state index is 0.0757. The Hall–Kier alpha value is -2.98. The zero-order valence-electron chi connectivity index (χ0n) is 24.3. The van der Waals surface area contributed by atoms with Gasteiger partial charge in [0, 0.05) is 52.9 Å². The van der Waals surface area contributed by atoms with Crippen molar-refractivity contribution in [3.05, 3.63) is 86.0 Å². The van der Waals surface area contributed by atoms with Crippen molar-refractivity contribution in [2.75, 3.05) is 20.1 Å². The van der Waals surface area contributed by atoms with Gasteiger partial charge in [-0.3, -0.25) is 14.5 Å². The number of benzene rings is 2. The molecule has 3 aromatic rings. The summed E-state index contributed by atoms with van der Waals surface area (Å²) in [5.41, 5.74) is 1.64. The smallest absolute Gasteiger partial charge is 0.308 e. The van der Waals surface area contributed by atoms with Gasteiger partial charge in [0.2, 0.25) is 5.91 Å². The maximum absolute atomic E-state index is 13.5. The minimum atomic E-state index is -1.04. The zero-order chi connectivity index (χ0) is 29.9. The van der Waals surface area contributed by atoms with Crippen molar-refractivity contribution in [3.63, 3.8) is 0 Å². The van der Waals surface area contributed by atoms with E-state index in [9.17, 15) is 14.7 Å². The van der Waals surface area contributed by atoms with Crippen LogP contribution in [0.3, 0.4) is 0 Å². The molecule has 2 aliphatic carbocycles. The molecule has 7 nitrogen and oxygen atoms in total. The van der Waals surface area contributed by atoms with E-state index >= 15 is 0 Å². The molecule has 4 aliphatic rings. The molecule has 43 heavy (non-hydrogen) atoms. The monoisotopic (exact) mass is 662 g/mol. The molecule has 1 aromatic heterocycles. The van der Waals surface area contributed by atoms with E-state index in [4.69, 9.17) is 9.47 Å². The lowest BCUT2D eigenvalue weighted by Gasteiger charge is -2.64. The van der Waals surface area contributed by atoms with Crippen LogP contribution >= 0.6 is 27.3 Å². The number of amides is 1. The van der Waals surface area contributed by atoms with Gasteiger partial charge in [-0.05, 0) is 83.9 Å². The molecular weight excluding hydrogens is 628 g/mol. The average Bonchev–Trinajstić information content (AvgIpc) is 3.57. The molecule has 1 amide bonds. The number of aliphatic hydroxyl groups is 1. The first kappa shape index (κ1) is 28.8. The van der Waals surface area contributed by atoms with Crippen LogP contribution in [0.4, 0.5) is 0 Å². The number of hydrogen-bond donors (Lipinski definition) is 1. The molecule has 0 radical (unpaired) electrons. The molecule has 2 fully saturated rings. The topological polar surface area (TPSA) is 79.3 Å². The first-order valence-electron chi connectivity index (χ1n) is 14.9. The second-order valence-corrected chi connectivity index (χ2v) is 14.1. The van der Waals surface area contributed by atoms with Gasteiger partial charge in [-0.15, -0.1) is 11.3 Å². The van der Waals surface area contributed by atoms with Crippen LogP contribution in [0.15, 0.2) is 64.5 Å². The lowest BCUT2D eigenvalue weighted by molar-refractivity contribution is -0.199. The Kier molecular flexibility index (Phi) is 7.28. The first-order chi connectivity index (χ1) is 20.7. The van der Waals surface area contributed by atoms with Crippen molar-refractivity contribution < 1.29 is 24.2 Å². The SMILES string of the molecule is CC(=O)Oc1ccc2c3c1O[C@H]1[C@@H](N(C)C(=O)/C=C/c4cc(Br)cs4)CC[C@@]4(O)[C@@H](C2)N(CCc2ccccc2)CC[C@]314. The molecule has 9 heteroatoms. The highest BCUT2D eigenvalue weighted by molar-refractivity contribution is 9.10. The summed E-state index contributed by atoms with van der Waals surface area (Å²) in [7, 11) is 1.83. The van der Waals surface area contributed by atoms with E-state index in [1.807, 2.05) is 42.8 Å². The molecular formula is C34H35BrN2O5S. The second-order valence-electron chi connectivity index (χ2n) is 12.3. The molecule has 224 valence electrons. The summed E-state index contributed by atoms with van der Waals surface area (Å²) in [6.07, 6.45) is 6.47. The third-order valence-electron chi connectivity index (χ3n) is 10.1. The fourth-order valence-electron chi connectivity index (χ4n) is 8.26. The Bertz CT molecular complexity index is 1610. The number of rotatable bonds is 7. The van der Waals surface area contributed by atoms with Gasteiger partial charge in [0.15, 0.2) is 11.5 Å². The molecule has 1 saturated heterocycles. The van der Waals surface area contributed by atoms with Crippen molar-refractivity contribution in [1.82, 2.24) is 9.80 Å². The normalized spacial score (nSPS) is 28.8. The van der Waals surface area contributed by atoms with Crippen LogP contribution in [-0.4, -0.2) is 70.7 Å². The predicted octanol–water partition coefficient (Wildman–Crippen LogP) is 5.37. The molecule has 1 N–H and O–H groups in total. The van der Waals surface area contributed by atoms with Crippen LogP contribution in [0.5, 0.6) is 11.5 Å². The summed E-state index contributed by atoms with van der Waals surface area (Å²) >= 11 is 5.04. The van der Waals surface area contributed by atoms with E-state index in [1.54, 1.807) is 22.3 Å². The summed E-state index contributed by atoms with van der Waals surface area (Å²) in [5.74, 6) is 0.419. The lowest BCUT2D eigenvalue weighted by atomic mass is 9.48. The van der Waals surface area contributed by atoms with Gasteiger partial charge in [0.1, 0.15) is 6.10 Å². The zero-order valence-corrected chi connectivity index (χ0v) is 26.7. The molecule has 7 rings (SSSR count). The number of carbonyl (C=O) groups is 2. The van der Waals surface area contributed by atoms with Gasteiger partial charge in [-0.2, -0.15) is 0 Å². The Morgan fingerprint density at radius 1 is 1.23 bits per heavy atom. The van der Waals surface area contributed by atoms with Crippen molar-refractivity contribution in [2.45, 2.75) is 68.2 Å². The number of nitrogens with zero attached hydrogens (tertiary/aromatic N) is 2. The molecule has 2 aromatic carbocycles. The van der Waals surface area contributed by atoms with E-state index < -0.39 is 23.1 Å². The fraction of sp³-hybridized carbons (Fsp3) is 0.412. The van der Waals surface area contributed by atoms with Gasteiger partial charge >= 0.3 is 5.97 Å². The Balaban J connectivity index is 1.25. The quantitative estimate of drug-likeness (QED) is 0.208. The van der Waals surface area contributed by atoms with E-state index in [-0.39, 0.29) is 18.0 Å². The molecule has 2 bridgehead atoms. The molecule has 1 saturated carbocycles. The van der Waals surface area contributed by atoms with Gasteiger partial charge < -0.3 is 19.5 Å². The number of esters is 1. The molecule has 0 unspecified atom stereocenters. The van der Waals surface area contributed by atoms with Crippen molar-refractivity contribution in [2.24, 2.45) is 0 Å². The van der Waals surface area contributed by atoms with Gasteiger partial charge in [-0.1, -0.05) is 36.4 Å². The third-order valence-corrected chi connectivity index (χ3v) is 11.8.